The maximum absolute atomic E-state index is 17.2. The van der Waals surface area contributed by atoms with Gasteiger partial charge in [0, 0.05) is 41.8 Å². The van der Waals surface area contributed by atoms with Crippen LogP contribution in [0, 0.1) is 38.7 Å². The zero-order chi connectivity index (χ0) is 36.5. The van der Waals surface area contributed by atoms with Crippen LogP contribution in [-0.2, 0) is 23.9 Å². The quantitative estimate of drug-likeness (QED) is 0.0919. The average Bonchev–Trinajstić information content (AvgIpc) is 3.27. The van der Waals surface area contributed by atoms with E-state index < -0.39 is 75.2 Å². The predicted octanol–water partition coefficient (Wildman–Crippen LogP) is 5.52. The van der Waals surface area contributed by atoms with E-state index in [-0.39, 0.29) is 36.8 Å². The van der Waals surface area contributed by atoms with E-state index in [1.54, 1.807) is 20.8 Å². The number of non-ortho nitro benzene ring substituents is 1. The number of fused-ring (bicyclic) bond motifs is 5. The maximum Gasteiger partial charge on any atom is 0.513 e. The number of carbonyl (C=O) groups excluding carboxylic acids is 5. The molecular weight excluding hydrogens is 655 g/mol. The Balaban J connectivity index is 1.04. The number of aliphatic hydroxyl groups is 1. The minimum atomic E-state index is -2.28. The first-order chi connectivity index (χ1) is 23.6. The summed E-state index contributed by atoms with van der Waals surface area (Å²) in [7, 11) is 0. The molecule has 3 saturated carbocycles. The van der Waals surface area contributed by atoms with E-state index in [0.717, 1.165) is 0 Å². The van der Waals surface area contributed by atoms with Gasteiger partial charge in [-0.25, -0.2) is 14.0 Å². The molecule has 0 spiro atoms. The molecule has 4 aliphatic carbocycles. The van der Waals surface area contributed by atoms with Gasteiger partial charge in [0.1, 0.15) is 11.4 Å². The molecule has 0 bridgehead atoms. The molecule has 7 unspecified atom stereocenters. The van der Waals surface area contributed by atoms with Crippen molar-refractivity contribution in [3.63, 3.8) is 0 Å². The van der Waals surface area contributed by atoms with Gasteiger partial charge in [-0.05, 0) is 81.6 Å². The van der Waals surface area contributed by atoms with Gasteiger partial charge in [0.05, 0.1) is 11.5 Å². The molecule has 50 heavy (non-hydrogen) atoms. The first-order valence-electron chi connectivity index (χ1n) is 17.0. The summed E-state index contributed by atoms with van der Waals surface area (Å²) >= 11 is 0. The number of nitrogens with one attached hydrogen (secondary N) is 1. The van der Waals surface area contributed by atoms with Crippen LogP contribution in [0.1, 0.15) is 72.1 Å². The van der Waals surface area contributed by atoms with Gasteiger partial charge in [0.25, 0.3) is 5.69 Å². The van der Waals surface area contributed by atoms with Gasteiger partial charge in [0.2, 0.25) is 5.78 Å². The second-order valence-electron chi connectivity index (χ2n) is 14.3. The smallest absolute Gasteiger partial charge is 0.441 e. The molecule has 270 valence electrons. The number of unbranched alkanes of at least 4 members (excludes halogenated alkanes) is 3. The third-order valence-corrected chi connectivity index (χ3v) is 11.6. The number of ketones is 3. The normalized spacial score (nSPS) is 32.6. The molecule has 0 heterocycles. The number of benzene rings is 1. The van der Waals surface area contributed by atoms with E-state index in [2.05, 4.69) is 5.32 Å². The zero-order valence-electron chi connectivity index (χ0n) is 28.4. The number of hydrogen-bond donors (Lipinski definition) is 2. The first kappa shape index (κ1) is 36.8. The minimum Gasteiger partial charge on any atom is -0.441 e. The number of allylic oxidation sites excluding steroid dienone is 4. The van der Waals surface area contributed by atoms with Crippen molar-refractivity contribution in [2.24, 2.45) is 28.6 Å². The van der Waals surface area contributed by atoms with Gasteiger partial charge in [-0.3, -0.25) is 24.5 Å². The van der Waals surface area contributed by atoms with Gasteiger partial charge in [0.15, 0.2) is 23.8 Å². The lowest BCUT2D eigenvalue weighted by atomic mass is 9.45. The summed E-state index contributed by atoms with van der Waals surface area (Å²) in [5.74, 6) is -3.41. The molecule has 14 heteroatoms. The largest absolute Gasteiger partial charge is 0.513 e. The molecule has 4 aliphatic rings. The summed E-state index contributed by atoms with van der Waals surface area (Å²) < 4.78 is 32.4. The first-order valence-corrected chi connectivity index (χ1v) is 17.0. The summed E-state index contributed by atoms with van der Waals surface area (Å²) in [6.45, 7) is 4.65. The summed E-state index contributed by atoms with van der Waals surface area (Å²) in [5, 5.41) is 25.3. The van der Waals surface area contributed by atoms with Crippen LogP contribution < -0.4 is 10.1 Å². The van der Waals surface area contributed by atoms with Crippen LogP contribution in [0.5, 0.6) is 5.75 Å². The third-order valence-electron chi connectivity index (χ3n) is 11.6. The lowest BCUT2D eigenvalue weighted by molar-refractivity contribution is -0.384. The Morgan fingerprint density at radius 3 is 2.46 bits per heavy atom. The van der Waals surface area contributed by atoms with E-state index in [1.165, 1.54) is 42.5 Å². The van der Waals surface area contributed by atoms with Gasteiger partial charge < -0.3 is 24.6 Å². The fourth-order valence-electron chi connectivity index (χ4n) is 8.85. The Bertz CT molecular complexity index is 1630. The fourth-order valence-corrected chi connectivity index (χ4v) is 8.85. The van der Waals surface area contributed by atoms with Gasteiger partial charge in [-0.1, -0.05) is 31.9 Å². The lowest BCUT2D eigenvalue weighted by Crippen LogP contribution is -2.68. The van der Waals surface area contributed by atoms with Crippen LogP contribution in [0.15, 0.2) is 48.1 Å². The molecule has 1 aromatic rings. The van der Waals surface area contributed by atoms with E-state index in [1.807, 2.05) is 0 Å². The molecule has 2 N–H and O–H groups in total. The highest BCUT2D eigenvalue weighted by molar-refractivity contribution is 6.03. The summed E-state index contributed by atoms with van der Waals surface area (Å²) in [4.78, 5) is 73.7. The molecule has 1 amide bonds. The second kappa shape index (κ2) is 14.0. The van der Waals surface area contributed by atoms with Crippen molar-refractivity contribution < 1.29 is 52.6 Å². The van der Waals surface area contributed by atoms with E-state index in [9.17, 15) is 39.2 Å². The number of alkyl carbamates (subject to hydrolysis) is 1. The number of nitro groups is 1. The molecular formula is C36H43FN2O11. The number of carbonyl (C=O) groups is 5. The highest BCUT2D eigenvalue weighted by Gasteiger charge is 2.75. The van der Waals surface area contributed by atoms with Crippen LogP contribution in [0.25, 0.3) is 0 Å². The topological polar surface area (TPSA) is 188 Å². The van der Waals surface area contributed by atoms with Crippen LogP contribution in [0.3, 0.4) is 0 Å². The number of nitro benzene ring substituents is 1. The number of halogens is 1. The second-order valence-corrected chi connectivity index (χ2v) is 14.3. The van der Waals surface area contributed by atoms with Crippen LogP contribution in [0.4, 0.5) is 19.7 Å². The standard InChI is InChI=1S/C36H43FN2O11/c1-22-18-28-27-13-8-23-19-25(40)14-15-33(23,2)35(27,37)29(41)20-34(28,3)36(22,45)30(42)21-49-31(43)38-16-6-4-5-7-17-48-32(44)50-26-11-9-24(10-12-26)39(46)47/h9-12,14-15,19,22,27-28,45H,4-8,13,16-18,20-21H2,1-3H3,(H,38,43). The Hall–Kier alpha value is -4.46. The van der Waals surface area contributed by atoms with Crippen molar-refractivity contribution in [3.8, 4) is 5.75 Å². The van der Waals surface area contributed by atoms with E-state index >= 15 is 4.39 Å². The third kappa shape index (κ3) is 6.33. The molecule has 5 rings (SSSR count). The number of Topliss-reactive ketones (excluding diaryl/α,β-unsaturated/α-hetero) is 2. The van der Waals surface area contributed by atoms with Gasteiger partial charge in [-0.2, -0.15) is 0 Å². The molecule has 0 aromatic heterocycles. The van der Waals surface area contributed by atoms with Crippen LogP contribution in [-0.4, -0.2) is 70.7 Å². The number of alkyl halides is 1. The van der Waals surface area contributed by atoms with Gasteiger partial charge in [-0.15, -0.1) is 0 Å². The van der Waals surface area contributed by atoms with Crippen molar-refractivity contribution in [2.45, 2.75) is 83.4 Å². The molecule has 3 fully saturated rings. The maximum atomic E-state index is 17.2. The highest BCUT2D eigenvalue weighted by atomic mass is 19.1. The van der Waals surface area contributed by atoms with E-state index in [4.69, 9.17) is 14.2 Å². The van der Waals surface area contributed by atoms with Gasteiger partial charge >= 0.3 is 12.2 Å². The van der Waals surface area contributed by atoms with Crippen molar-refractivity contribution in [2.75, 3.05) is 19.8 Å². The van der Waals surface area contributed by atoms with Crippen molar-refractivity contribution >= 4 is 35.3 Å². The van der Waals surface area contributed by atoms with Crippen molar-refractivity contribution in [1.29, 1.82) is 0 Å². The molecule has 13 nitrogen and oxygen atoms in total. The van der Waals surface area contributed by atoms with Crippen LogP contribution in [0.2, 0.25) is 0 Å². The number of nitrogens with zero attached hydrogens (tertiary/aromatic N) is 1. The Morgan fingerprint density at radius 1 is 1.06 bits per heavy atom. The number of hydrogen-bond acceptors (Lipinski definition) is 11. The monoisotopic (exact) mass is 698 g/mol. The van der Waals surface area contributed by atoms with E-state index in [0.29, 0.717) is 50.5 Å². The summed E-state index contributed by atoms with van der Waals surface area (Å²) in [6.07, 6.45) is 5.62. The number of ether oxygens (including phenoxy) is 3. The highest BCUT2D eigenvalue weighted by Crippen LogP contribution is 2.69. The molecule has 1 aromatic carbocycles. The lowest BCUT2D eigenvalue weighted by Gasteiger charge is -2.59. The molecule has 0 aliphatic heterocycles. The predicted molar refractivity (Wildman–Crippen MR) is 175 cm³/mol. The van der Waals surface area contributed by atoms with Crippen molar-refractivity contribution in [1.82, 2.24) is 5.32 Å². The fraction of sp³-hybridized carbons (Fsp3) is 0.583. The Kier molecular flexibility index (Phi) is 10.3. The number of amides is 1. The molecule has 0 radical (unpaired) electrons. The van der Waals surface area contributed by atoms with Crippen molar-refractivity contribution in [3.05, 3.63) is 58.2 Å². The molecule has 0 saturated heterocycles. The Labute approximate surface area is 288 Å². The minimum absolute atomic E-state index is 0.0959. The SMILES string of the molecule is CC1CC2C3CCC4=CC(=O)C=CC4(C)C3(F)C(=O)CC2(C)C1(O)C(=O)COC(=O)NCCCCCCOC(=O)Oc1ccc([N+](=O)[O-])cc1. The van der Waals surface area contributed by atoms with Crippen LogP contribution >= 0.6 is 0 Å². The average molecular weight is 699 g/mol. The molecule has 7 atom stereocenters. The summed E-state index contributed by atoms with van der Waals surface area (Å²) in [6, 6.07) is 5.00. The number of rotatable bonds is 12. The Morgan fingerprint density at radius 2 is 1.76 bits per heavy atom. The summed E-state index contributed by atoms with van der Waals surface area (Å²) in [5.41, 5.74) is -6.38. The zero-order valence-corrected chi connectivity index (χ0v) is 28.4.